The zero-order valence-corrected chi connectivity index (χ0v) is 11.9. The van der Waals surface area contributed by atoms with E-state index < -0.39 is 0 Å². The number of rotatable bonds is 9. The number of esters is 1. The Morgan fingerprint density at radius 2 is 1.79 bits per heavy atom. The van der Waals surface area contributed by atoms with Crippen molar-refractivity contribution in [2.75, 3.05) is 12.3 Å². The molecule has 0 aliphatic rings. The number of para-hydroxylation sites is 1. The average Bonchev–Trinajstić information content (AvgIpc) is 2.40. The summed E-state index contributed by atoms with van der Waals surface area (Å²) in [5, 5.41) is 0. The molecule has 0 atom stereocenters. The van der Waals surface area contributed by atoms with E-state index in [9.17, 15) is 4.79 Å². The summed E-state index contributed by atoms with van der Waals surface area (Å²) in [7, 11) is 0. The second-order valence-corrected chi connectivity index (χ2v) is 4.86. The Balaban J connectivity index is 2.10. The van der Waals surface area contributed by atoms with E-state index in [4.69, 9.17) is 10.5 Å². The Labute approximate surface area is 116 Å². The van der Waals surface area contributed by atoms with Crippen molar-refractivity contribution in [1.82, 2.24) is 0 Å². The van der Waals surface area contributed by atoms with Crippen LogP contribution in [0.15, 0.2) is 24.3 Å². The van der Waals surface area contributed by atoms with Crippen LogP contribution in [0.25, 0.3) is 0 Å². The molecule has 0 saturated heterocycles. The Hall–Kier alpha value is -1.51. The van der Waals surface area contributed by atoms with Crippen molar-refractivity contribution in [1.29, 1.82) is 0 Å². The highest BCUT2D eigenvalue weighted by Gasteiger charge is 2.06. The molecule has 0 unspecified atom stereocenters. The van der Waals surface area contributed by atoms with Gasteiger partial charge in [-0.2, -0.15) is 0 Å². The van der Waals surface area contributed by atoms with Crippen LogP contribution in [-0.4, -0.2) is 12.6 Å². The van der Waals surface area contributed by atoms with E-state index in [1.807, 2.05) is 18.2 Å². The zero-order chi connectivity index (χ0) is 13.9. The minimum Gasteiger partial charge on any atom is -0.465 e. The van der Waals surface area contributed by atoms with E-state index in [0.717, 1.165) is 18.4 Å². The lowest BCUT2D eigenvalue weighted by Gasteiger charge is -2.06. The molecule has 0 heterocycles. The summed E-state index contributed by atoms with van der Waals surface area (Å²) < 4.78 is 5.21. The van der Waals surface area contributed by atoms with Gasteiger partial charge in [-0.3, -0.25) is 4.79 Å². The van der Waals surface area contributed by atoms with E-state index in [1.54, 1.807) is 6.07 Å². The van der Waals surface area contributed by atoms with Gasteiger partial charge in [0, 0.05) is 5.69 Å². The quantitative estimate of drug-likeness (QED) is 0.420. The van der Waals surface area contributed by atoms with Crippen LogP contribution in [0.2, 0.25) is 0 Å². The van der Waals surface area contributed by atoms with Gasteiger partial charge in [-0.1, -0.05) is 57.2 Å². The number of nitrogen functional groups attached to an aromatic ring is 1. The van der Waals surface area contributed by atoms with Gasteiger partial charge in [0.2, 0.25) is 0 Å². The van der Waals surface area contributed by atoms with Crippen LogP contribution in [0.3, 0.4) is 0 Å². The largest absolute Gasteiger partial charge is 0.465 e. The third kappa shape index (κ3) is 6.85. The zero-order valence-electron chi connectivity index (χ0n) is 11.9. The summed E-state index contributed by atoms with van der Waals surface area (Å²) in [5.74, 6) is -0.188. The Morgan fingerprint density at radius 3 is 2.53 bits per heavy atom. The van der Waals surface area contributed by atoms with Crippen LogP contribution in [0.1, 0.15) is 51.0 Å². The van der Waals surface area contributed by atoms with E-state index in [-0.39, 0.29) is 12.4 Å². The molecule has 0 aliphatic carbocycles. The van der Waals surface area contributed by atoms with Crippen LogP contribution in [0, 0.1) is 0 Å². The fourth-order valence-electron chi connectivity index (χ4n) is 1.97. The lowest BCUT2D eigenvalue weighted by Crippen LogP contribution is -2.10. The first-order chi connectivity index (χ1) is 9.24. The van der Waals surface area contributed by atoms with Gasteiger partial charge in [-0.25, -0.2) is 0 Å². The molecule has 3 heteroatoms. The van der Waals surface area contributed by atoms with Crippen molar-refractivity contribution in [2.45, 2.75) is 51.9 Å². The molecule has 1 aromatic rings. The van der Waals surface area contributed by atoms with Gasteiger partial charge in [0.25, 0.3) is 0 Å². The summed E-state index contributed by atoms with van der Waals surface area (Å²) in [6.07, 6.45) is 7.44. The summed E-state index contributed by atoms with van der Waals surface area (Å²) in [6, 6.07) is 7.41. The third-order valence-electron chi connectivity index (χ3n) is 3.15. The second kappa shape index (κ2) is 9.42. The molecule has 0 saturated carbocycles. The molecule has 0 radical (unpaired) electrons. The maximum Gasteiger partial charge on any atom is 0.310 e. The third-order valence-corrected chi connectivity index (χ3v) is 3.15. The Morgan fingerprint density at radius 1 is 1.11 bits per heavy atom. The lowest BCUT2D eigenvalue weighted by atomic mass is 10.1. The number of unbranched alkanes of at least 4 members (excludes halogenated alkanes) is 5. The van der Waals surface area contributed by atoms with Gasteiger partial charge in [-0.05, 0) is 18.1 Å². The molecule has 0 bridgehead atoms. The van der Waals surface area contributed by atoms with Gasteiger partial charge in [-0.15, -0.1) is 0 Å². The highest BCUT2D eigenvalue weighted by Crippen LogP contribution is 2.12. The minimum absolute atomic E-state index is 0.188. The maximum atomic E-state index is 11.6. The molecule has 0 aliphatic heterocycles. The monoisotopic (exact) mass is 263 g/mol. The molecule has 0 aromatic heterocycles. The van der Waals surface area contributed by atoms with Gasteiger partial charge < -0.3 is 10.5 Å². The Kier molecular flexibility index (Phi) is 7.71. The standard InChI is InChI=1S/C16H25NO2/c1-2-3-4-5-6-9-12-19-16(18)13-14-10-7-8-11-15(14)17/h7-8,10-11H,2-6,9,12-13,17H2,1H3. The molecule has 2 N–H and O–H groups in total. The fraction of sp³-hybridized carbons (Fsp3) is 0.562. The molecule has 1 rings (SSSR count). The topological polar surface area (TPSA) is 52.3 Å². The normalized spacial score (nSPS) is 10.4. The number of ether oxygens (including phenoxy) is 1. The van der Waals surface area contributed by atoms with Gasteiger partial charge >= 0.3 is 5.97 Å². The first-order valence-corrected chi connectivity index (χ1v) is 7.23. The Bertz CT molecular complexity index is 377. The van der Waals surface area contributed by atoms with Gasteiger partial charge in [0.15, 0.2) is 0 Å². The van der Waals surface area contributed by atoms with Crippen molar-refractivity contribution in [3.8, 4) is 0 Å². The lowest BCUT2D eigenvalue weighted by molar-refractivity contribution is -0.142. The van der Waals surface area contributed by atoms with Crippen LogP contribution >= 0.6 is 0 Å². The second-order valence-electron chi connectivity index (χ2n) is 4.86. The number of hydrogen-bond donors (Lipinski definition) is 1. The number of nitrogens with two attached hydrogens (primary N) is 1. The molecule has 0 fully saturated rings. The van der Waals surface area contributed by atoms with Crippen molar-refractivity contribution in [3.63, 3.8) is 0 Å². The average molecular weight is 263 g/mol. The first-order valence-electron chi connectivity index (χ1n) is 7.23. The number of carbonyl (C=O) groups excluding carboxylic acids is 1. The molecule has 19 heavy (non-hydrogen) atoms. The molecule has 106 valence electrons. The summed E-state index contributed by atoms with van der Waals surface area (Å²) in [5.41, 5.74) is 7.28. The highest BCUT2D eigenvalue weighted by atomic mass is 16.5. The molecule has 0 spiro atoms. The number of hydrogen-bond acceptors (Lipinski definition) is 3. The minimum atomic E-state index is -0.188. The molecule has 3 nitrogen and oxygen atoms in total. The first kappa shape index (κ1) is 15.5. The highest BCUT2D eigenvalue weighted by molar-refractivity contribution is 5.74. The van der Waals surface area contributed by atoms with E-state index in [0.29, 0.717) is 12.3 Å². The van der Waals surface area contributed by atoms with Crippen LogP contribution < -0.4 is 5.73 Å². The molecular weight excluding hydrogens is 238 g/mol. The van der Waals surface area contributed by atoms with Crippen molar-refractivity contribution >= 4 is 11.7 Å². The van der Waals surface area contributed by atoms with Crippen LogP contribution in [0.5, 0.6) is 0 Å². The van der Waals surface area contributed by atoms with Gasteiger partial charge in [0.05, 0.1) is 13.0 Å². The summed E-state index contributed by atoms with van der Waals surface area (Å²) in [6.45, 7) is 2.73. The van der Waals surface area contributed by atoms with E-state index in [1.165, 1.54) is 25.7 Å². The van der Waals surface area contributed by atoms with E-state index in [2.05, 4.69) is 6.92 Å². The predicted octanol–water partition coefficient (Wildman–Crippen LogP) is 3.72. The SMILES string of the molecule is CCCCCCCCOC(=O)Cc1ccccc1N. The number of benzene rings is 1. The number of anilines is 1. The summed E-state index contributed by atoms with van der Waals surface area (Å²) >= 11 is 0. The number of carbonyl (C=O) groups is 1. The predicted molar refractivity (Wildman–Crippen MR) is 78.9 cm³/mol. The van der Waals surface area contributed by atoms with Crippen LogP contribution in [0.4, 0.5) is 5.69 Å². The van der Waals surface area contributed by atoms with Gasteiger partial charge in [0.1, 0.15) is 0 Å². The maximum absolute atomic E-state index is 11.6. The fourth-order valence-corrected chi connectivity index (χ4v) is 1.97. The molecule has 0 amide bonds. The summed E-state index contributed by atoms with van der Waals surface area (Å²) in [4.78, 5) is 11.6. The van der Waals surface area contributed by atoms with E-state index >= 15 is 0 Å². The molecular formula is C16H25NO2. The van der Waals surface area contributed by atoms with Crippen molar-refractivity contribution < 1.29 is 9.53 Å². The molecule has 1 aromatic carbocycles. The van der Waals surface area contributed by atoms with Crippen LogP contribution in [-0.2, 0) is 16.0 Å². The van der Waals surface area contributed by atoms with Crippen molar-refractivity contribution in [3.05, 3.63) is 29.8 Å². The smallest absolute Gasteiger partial charge is 0.310 e. The van der Waals surface area contributed by atoms with Crippen molar-refractivity contribution in [2.24, 2.45) is 0 Å².